The minimum absolute atomic E-state index is 0.0544. The van der Waals surface area contributed by atoms with Gasteiger partial charge < -0.3 is 19.9 Å². The second kappa shape index (κ2) is 4.53. The number of carbonyl (C=O) groups excluding carboxylic acids is 1. The van der Waals surface area contributed by atoms with Crippen LogP contribution in [0.3, 0.4) is 0 Å². The number of benzene rings is 1. The van der Waals surface area contributed by atoms with Crippen molar-refractivity contribution in [2.45, 2.75) is 32.9 Å². The van der Waals surface area contributed by atoms with Crippen molar-refractivity contribution < 1.29 is 15.0 Å². The number of hydrogen-bond donors (Lipinski definition) is 1. The zero-order chi connectivity index (χ0) is 12.3. The van der Waals surface area contributed by atoms with Gasteiger partial charge in [-0.3, -0.25) is 0 Å². The number of rotatable bonds is 2. The number of anilines is 1. The Bertz CT molecular complexity index is 365. The Morgan fingerprint density at radius 2 is 1.81 bits per heavy atom. The summed E-state index contributed by atoms with van der Waals surface area (Å²) in [5, 5.41) is 20.0. The smallest absolute Gasteiger partial charge is 0.142 e. The minimum Gasteiger partial charge on any atom is -0.530 e. The molecule has 0 aliphatic carbocycles. The number of hydrogen-bond acceptors (Lipinski definition) is 3. The molecular formula is C12H16NO3-. The highest BCUT2D eigenvalue weighted by atomic mass is 16.4. The summed E-state index contributed by atoms with van der Waals surface area (Å²) in [6.45, 7) is 5.33. The van der Waals surface area contributed by atoms with E-state index in [1.807, 2.05) is 0 Å². The maximum atomic E-state index is 11.1. The fraction of sp³-hybridized carbons (Fsp3) is 0.417. The first-order valence-corrected chi connectivity index (χ1v) is 5.07. The lowest BCUT2D eigenvalue weighted by atomic mass is 10.1. The summed E-state index contributed by atoms with van der Waals surface area (Å²) in [5.74, 6) is 0. The summed E-state index contributed by atoms with van der Waals surface area (Å²) in [4.78, 5) is 12.3. The van der Waals surface area contributed by atoms with Gasteiger partial charge in [-0.25, -0.2) is 0 Å². The molecule has 0 aliphatic heterocycles. The molecule has 16 heavy (non-hydrogen) atoms. The average molecular weight is 222 g/mol. The van der Waals surface area contributed by atoms with Crippen molar-refractivity contribution in [1.29, 1.82) is 0 Å². The van der Waals surface area contributed by atoms with Crippen LogP contribution in [0.1, 0.15) is 26.3 Å². The summed E-state index contributed by atoms with van der Waals surface area (Å²) in [7, 11) is 0. The number of amides is 1. The van der Waals surface area contributed by atoms with Gasteiger partial charge in [0, 0.05) is 11.2 Å². The highest BCUT2D eigenvalue weighted by Gasteiger charge is 2.22. The fourth-order valence-corrected chi connectivity index (χ4v) is 1.52. The van der Waals surface area contributed by atoms with Crippen LogP contribution >= 0.6 is 0 Å². The third-order valence-electron chi connectivity index (χ3n) is 2.23. The van der Waals surface area contributed by atoms with Gasteiger partial charge in [0.15, 0.2) is 0 Å². The Hall–Kier alpha value is -1.55. The number of aliphatic hydroxyl groups is 1. The normalized spacial score (nSPS) is 11.2. The van der Waals surface area contributed by atoms with Crippen LogP contribution in [-0.2, 0) is 6.61 Å². The monoisotopic (exact) mass is 222 g/mol. The largest absolute Gasteiger partial charge is 0.530 e. The van der Waals surface area contributed by atoms with Crippen LogP contribution < -0.4 is 10.0 Å². The zero-order valence-corrected chi connectivity index (χ0v) is 9.73. The van der Waals surface area contributed by atoms with Crippen molar-refractivity contribution >= 4 is 11.8 Å². The van der Waals surface area contributed by atoms with Crippen LogP contribution in [0.2, 0.25) is 0 Å². The molecule has 0 aromatic heterocycles. The zero-order valence-electron chi connectivity index (χ0n) is 9.73. The molecule has 0 saturated carbocycles. The third-order valence-corrected chi connectivity index (χ3v) is 2.23. The molecule has 0 bridgehead atoms. The van der Waals surface area contributed by atoms with E-state index in [4.69, 9.17) is 5.11 Å². The lowest BCUT2D eigenvalue weighted by Gasteiger charge is -2.37. The number of carboxylic acid groups (broad SMARTS) is 1. The first-order chi connectivity index (χ1) is 7.36. The average Bonchev–Trinajstić information content (AvgIpc) is 2.16. The molecule has 0 heterocycles. The van der Waals surface area contributed by atoms with Crippen molar-refractivity contribution in [3.63, 3.8) is 0 Å². The van der Waals surface area contributed by atoms with Crippen LogP contribution in [0.15, 0.2) is 24.3 Å². The first kappa shape index (κ1) is 12.5. The Labute approximate surface area is 95.1 Å². The second-order valence-electron chi connectivity index (χ2n) is 4.60. The van der Waals surface area contributed by atoms with Crippen LogP contribution in [0.25, 0.3) is 0 Å². The summed E-state index contributed by atoms with van der Waals surface area (Å²) in [6.07, 6.45) is -1.23. The molecule has 88 valence electrons. The van der Waals surface area contributed by atoms with Crippen LogP contribution in [0.5, 0.6) is 0 Å². The molecule has 0 spiro atoms. The molecule has 4 heteroatoms. The van der Waals surface area contributed by atoms with Gasteiger partial charge in [-0.05, 0) is 38.5 Å². The summed E-state index contributed by atoms with van der Waals surface area (Å²) in [6, 6.07) is 6.70. The van der Waals surface area contributed by atoms with Gasteiger partial charge in [-0.2, -0.15) is 0 Å². The Morgan fingerprint density at radius 3 is 2.12 bits per heavy atom. The third kappa shape index (κ3) is 2.73. The van der Waals surface area contributed by atoms with Gasteiger partial charge in [0.2, 0.25) is 0 Å². The number of carbonyl (C=O) groups is 1. The molecule has 0 atom stereocenters. The van der Waals surface area contributed by atoms with E-state index >= 15 is 0 Å². The molecule has 1 amide bonds. The molecule has 1 aromatic carbocycles. The van der Waals surface area contributed by atoms with E-state index in [2.05, 4.69) is 0 Å². The SMILES string of the molecule is CC(C)(C)N(C(=O)[O-])c1ccc(CO)cc1. The lowest BCUT2D eigenvalue weighted by Crippen LogP contribution is -2.52. The minimum atomic E-state index is -1.23. The Balaban J connectivity index is 3.07. The molecule has 1 aromatic rings. The van der Waals surface area contributed by atoms with Crippen LogP contribution in [0, 0.1) is 0 Å². The molecule has 1 rings (SSSR count). The molecule has 4 nitrogen and oxygen atoms in total. The van der Waals surface area contributed by atoms with Crippen molar-refractivity contribution in [1.82, 2.24) is 0 Å². The molecular weight excluding hydrogens is 206 g/mol. The summed E-state index contributed by atoms with van der Waals surface area (Å²) < 4.78 is 0. The maximum absolute atomic E-state index is 11.1. The highest BCUT2D eigenvalue weighted by Crippen LogP contribution is 2.23. The highest BCUT2D eigenvalue weighted by molar-refractivity contribution is 5.85. The van der Waals surface area contributed by atoms with Gasteiger partial charge in [-0.15, -0.1) is 0 Å². The van der Waals surface area contributed by atoms with Gasteiger partial charge in [-0.1, -0.05) is 12.1 Å². The van der Waals surface area contributed by atoms with Crippen molar-refractivity contribution in [2.75, 3.05) is 4.90 Å². The maximum Gasteiger partial charge on any atom is 0.142 e. The van der Waals surface area contributed by atoms with E-state index in [0.29, 0.717) is 5.69 Å². The van der Waals surface area contributed by atoms with E-state index in [1.165, 1.54) is 4.90 Å². The van der Waals surface area contributed by atoms with Gasteiger partial charge in [0.1, 0.15) is 6.09 Å². The Kier molecular flexibility index (Phi) is 3.55. The van der Waals surface area contributed by atoms with E-state index in [9.17, 15) is 9.90 Å². The van der Waals surface area contributed by atoms with Crippen LogP contribution in [0.4, 0.5) is 10.5 Å². The van der Waals surface area contributed by atoms with E-state index in [-0.39, 0.29) is 6.61 Å². The van der Waals surface area contributed by atoms with E-state index < -0.39 is 11.6 Å². The summed E-state index contributed by atoms with van der Waals surface area (Å²) in [5.41, 5.74) is 0.736. The molecule has 1 N–H and O–H groups in total. The summed E-state index contributed by atoms with van der Waals surface area (Å²) >= 11 is 0. The first-order valence-electron chi connectivity index (χ1n) is 5.07. The fourth-order valence-electron chi connectivity index (χ4n) is 1.52. The molecule has 0 saturated heterocycles. The van der Waals surface area contributed by atoms with E-state index in [0.717, 1.165) is 5.56 Å². The topological polar surface area (TPSA) is 63.6 Å². The molecule has 0 fully saturated rings. The molecule has 0 radical (unpaired) electrons. The molecule has 0 unspecified atom stereocenters. The standard InChI is InChI=1S/C12H17NO3/c1-12(2,3)13(11(15)16)10-6-4-9(8-14)5-7-10/h4-7,14H,8H2,1-3H3,(H,15,16)/p-1. The van der Waals surface area contributed by atoms with Crippen LogP contribution in [-0.4, -0.2) is 16.7 Å². The number of aliphatic hydroxyl groups excluding tert-OH is 1. The van der Waals surface area contributed by atoms with Crippen molar-refractivity contribution in [3.05, 3.63) is 29.8 Å². The van der Waals surface area contributed by atoms with Crippen molar-refractivity contribution in [3.8, 4) is 0 Å². The van der Waals surface area contributed by atoms with Gasteiger partial charge >= 0.3 is 0 Å². The Morgan fingerprint density at radius 1 is 1.31 bits per heavy atom. The predicted molar refractivity (Wildman–Crippen MR) is 60.0 cm³/mol. The van der Waals surface area contributed by atoms with Gasteiger partial charge in [0.05, 0.1) is 6.61 Å². The lowest BCUT2D eigenvalue weighted by molar-refractivity contribution is -0.247. The number of nitrogens with zero attached hydrogens (tertiary/aromatic N) is 1. The van der Waals surface area contributed by atoms with E-state index in [1.54, 1.807) is 45.0 Å². The second-order valence-corrected chi connectivity index (χ2v) is 4.60. The van der Waals surface area contributed by atoms with Gasteiger partial charge in [0.25, 0.3) is 0 Å². The molecule has 0 aliphatic rings. The predicted octanol–water partition coefficient (Wildman–Crippen LogP) is 1.13. The quantitative estimate of drug-likeness (QED) is 0.815. The van der Waals surface area contributed by atoms with Crippen molar-refractivity contribution in [2.24, 2.45) is 0 Å².